The van der Waals surface area contributed by atoms with Crippen LogP contribution in [0.5, 0.6) is 0 Å². The van der Waals surface area contributed by atoms with Gasteiger partial charge in [0.25, 0.3) is 5.91 Å². The zero-order valence-corrected chi connectivity index (χ0v) is 21.8. The molecule has 1 aliphatic rings. The Morgan fingerprint density at radius 2 is 1.97 bits per heavy atom. The van der Waals surface area contributed by atoms with E-state index in [1.54, 1.807) is 25.2 Å². The lowest BCUT2D eigenvalue weighted by atomic mass is 9.88. The number of amides is 1. The SMILES string of the molecule is CN=C(NCCNC(=O)c1ccccc1Cl)NCC1CCCN(C)C1c1cccs1.I. The van der Waals surface area contributed by atoms with Gasteiger partial charge in [-0.2, -0.15) is 0 Å². The number of piperidine rings is 1. The first kappa shape index (κ1) is 25.9. The minimum absolute atomic E-state index is 0. The number of likely N-dealkylation sites (tertiary alicyclic amines) is 1. The van der Waals surface area contributed by atoms with E-state index in [9.17, 15) is 4.79 Å². The van der Waals surface area contributed by atoms with Gasteiger partial charge in [0.1, 0.15) is 0 Å². The Morgan fingerprint density at radius 1 is 1.19 bits per heavy atom. The summed E-state index contributed by atoms with van der Waals surface area (Å²) < 4.78 is 0. The first-order valence-electron chi connectivity index (χ1n) is 10.3. The Kier molecular flexibility index (Phi) is 11.1. The Labute approximate surface area is 210 Å². The topological polar surface area (TPSA) is 68.8 Å². The molecule has 1 saturated heterocycles. The van der Waals surface area contributed by atoms with Crippen LogP contribution in [0.2, 0.25) is 5.02 Å². The molecule has 3 rings (SSSR count). The molecule has 2 heterocycles. The second kappa shape index (κ2) is 13.2. The molecule has 2 aromatic rings. The molecule has 1 aromatic heterocycles. The lowest BCUT2D eigenvalue weighted by Gasteiger charge is -2.39. The minimum atomic E-state index is -0.172. The largest absolute Gasteiger partial charge is 0.356 e. The molecule has 2 atom stereocenters. The fourth-order valence-corrected chi connectivity index (χ4v) is 5.13. The summed E-state index contributed by atoms with van der Waals surface area (Å²) in [5.74, 6) is 1.11. The minimum Gasteiger partial charge on any atom is -0.356 e. The van der Waals surface area contributed by atoms with E-state index in [-0.39, 0.29) is 29.9 Å². The van der Waals surface area contributed by atoms with Crippen molar-refractivity contribution in [3.63, 3.8) is 0 Å². The first-order valence-corrected chi connectivity index (χ1v) is 11.6. The molecule has 1 fully saturated rings. The summed E-state index contributed by atoms with van der Waals surface area (Å²) in [5.41, 5.74) is 0.489. The zero-order chi connectivity index (χ0) is 21.3. The number of benzene rings is 1. The second-order valence-electron chi connectivity index (χ2n) is 7.46. The predicted octanol–water partition coefficient (Wildman–Crippen LogP) is 4.00. The van der Waals surface area contributed by atoms with Crippen LogP contribution in [0.3, 0.4) is 0 Å². The number of aliphatic imine (C=N–C) groups is 1. The molecular weight excluding hydrogens is 545 g/mol. The standard InChI is InChI=1S/C22H30ClN5OS.HI/c1-24-22(26-12-11-25-21(29)17-8-3-4-9-18(17)23)27-15-16-7-5-13-28(2)20(16)19-10-6-14-30-19;/h3-4,6,8-10,14,16,20H,5,7,11-13,15H2,1-2H3,(H,25,29)(H2,24,26,27);1H. The van der Waals surface area contributed by atoms with Crippen LogP contribution in [0.15, 0.2) is 46.8 Å². The molecule has 0 radical (unpaired) electrons. The second-order valence-corrected chi connectivity index (χ2v) is 8.85. The predicted molar refractivity (Wildman–Crippen MR) is 141 cm³/mol. The molecule has 170 valence electrons. The summed E-state index contributed by atoms with van der Waals surface area (Å²) in [6.07, 6.45) is 2.41. The van der Waals surface area contributed by atoms with Crippen LogP contribution >= 0.6 is 46.9 Å². The molecule has 0 spiro atoms. The van der Waals surface area contributed by atoms with Crippen LogP contribution in [0.1, 0.15) is 34.1 Å². The van der Waals surface area contributed by atoms with Gasteiger partial charge >= 0.3 is 0 Å². The lowest BCUT2D eigenvalue weighted by molar-refractivity contribution is 0.0954. The van der Waals surface area contributed by atoms with Crippen LogP contribution < -0.4 is 16.0 Å². The van der Waals surface area contributed by atoms with Crippen molar-refractivity contribution in [2.24, 2.45) is 10.9 Å². The van der Waals surface area contributed by atoms with E-state index in [1.165, 1.54) is 17.7 Å². The number of carbonyl (C=O) groups is 1. The third-order valence-corrected chi connectivity index (χ3v) is 6.69. The van der Waals surface area contributed by atoms with Gasteiger partial charge in [-0.1, -0.05) is 29.8 Å². The summed E-state index contributed by atoms with van der Waals surface area (Å²) in [6, 6.07) is 11.9. The van der Waals surface area contributed by atoms with E-state index in [0.717, 1.165) is 19.0 Å². The highest BCUT2D eigenvalue weighted by atomic mass is 127. The van der Waals surface area contributed by atoms with Crippen molar-refractivity contribution in [3.05, 3.63) is 57.2 Å². The van der Waals surface area contributed by atoms with E-state index >= 15 is 0 Å². The maximum absolute atomic E-state index is 12.2. The average Bonchev–Trinajstić information content (AvgIpc) is 3.27. The van der Waals surface area contributed by atoms with Gasteiger partial charge in [0, 0.05) is 37.6 Å². The third-order valence-electron chi connectivity index (χ3n) is 5.42. The molecule has 6 nitrogen and oxygen atoms in total. The van der Waals surface area contributed by atoms with Gasteiger partial charge in [-0.3, -0.25) is 14.7 Å². The molecule has 9 heteroatoms. The maximum atomic E-state index is 12.2. The van der Waals surface area contributed by atoms with Crippen LogP contribution in [-0.4, -0.2) is 57.0 Å². The van der Waals surface area contributed by atoms with Gasteiger partial charge in [0.15, 0.2) is 5.96 Å². The van der Waals surface area contributed by atoms with Gasteiger partial charge < -0.3 is 16.0 Å². The maximum Gasteiger partial charge on any atom is 0.252 e. The molecule has 1 aliphatic heterocycles. The summed E-state index contributed by atoms with van der Waals surface area (Å²) in [6.45, 7) is 3.05. The van der Waals surface area contributed by atoms with Crippen molar-refractivity contribution in [2.45, 2.75) is 18.9 Å². The Balaban J connectivity index is 0.00000341. The number of rotatable bonds is 7. The average molecular weight is 576 g/mol. The van der Waals surface area contributed by atoms with Crippen LogP contribution in [0, 0.1) is 5.92 Å². The molecule has 31 heavy (non-hydrogen) atoms. The first-order chi connectivity index (χ1) is 14.6. The van der Waals surface area contributed by atoms with Gasteiger partial charge in [0.05, 0.1) is 10.6 Å². The van der Waals surface area contributed by atoms with Gasteiger partial charge in [-0.15, -0.1) is 35.3 Å². The number of nitrogens with zero attached hydrogens (tertiary/aromatic N) is 2. The van der Waals surface area contributed by atoms with E-state index in [4.69, 9.17) is 11.6 Å². The van der Waals surface area contributed by atoms with Crippen molar-refractivity contribution in [3.8, 4) is 0 Å². The van der Waals surface area contributed by atoms with Gasteiger partial charge in [-0.05, 0) is 55.9 Å². The van der Waals surface area contributed by atoms with E-state index < -0.39 is 0 Å². The Bertz CT molecular complexity index is 848. The molecule has 0 bridgehead atoms. The summed E-state index contributed by atoms with van der Waals surface area (Å²) >= 11 is 7.90. The van der Waals surface area contributed by atoms with E-state index in [2.05, 4.69) is 50.4 Å². The highest BCUT2D eigenvalue weighted by Crippen LogP contribution is 2.36. The number of halogens is 2. The fraction of sp³-hybridized carbons (Fsp3) is 0.455. The molecule has 1 aromatic carbocycles. The summed E-state index contributed by atoms with van der Waals surface area (Å²) in [4.78, 5) is 20.4. The van der Waals surface area contributed by atoms with Crippen molar-refractivity contribution in [1.29, 1.82) is 0 Å². The molecule has 0 aliphatic carbocycles. The number of nitrogens with one attached hydrogen (secondary N) is 3. The number of guanidine groups is 1. The van der Waals surface area contributed by atoms with Crippen molar-refractivity contribution in [2.75, 3.05) is 40.3 Å². The summed E-state index contributed by atoms with van der Waals surface area (Å²) in [7, 11) is 3.98. The normalized spacial score (nSPS) is 19.4. The van der Waals surface area contributed by atoms with E-state index in [1.807, 2.05) is 17.4 Å². The highest BCUT2D eigenvalue weighted by molar-refractivity contribution is 14.0. The molecule has 2 unspecified atom stereocenters. The molecule has 3 N–H and O–H groups in total. The van der Waals surface area contributed by atoms with Crippen molar-refractivity contribution in [1.82, 2.24) is 20.9 Å². The Hall–Kier alpha value is -1.36. The molecule has 1 amide bonds. The van der Waals surface area contributed by atoms with Gasteiger partial charge in [-0.25, -0.2) is 0 Å². The van der Waals surface area contributed by atoms with Crippen molar-refractivity contribution < 1.29 is 4.79 Å². The summed E-state index contributed by atoms with van der Waals surface area (Å²) in [5, 5.41) is 12.2. The third kappa shape index (κ3) is 7.34. The fourth-order valence-electron chi connectivity index (χ4n) is 3.93. The zero-order valence-electron chi connectivity index (χ0n) is 17.9. The Morgan fingerprint density at radius 3 is 2.68 bits per heavy atom. The quantitative estimate of drug-likeness (QED) is 0.202. The van der Waals surface area contributed by atoms with E-state index in [0.29, 0.717) is 35.6 Å². The number of hydrogen-bond donors (Lipinski definition) is 3. The number of hydrogen-bond acceptors (Lipinski definition) is 4. The van der Waals surface area contributed by atoms with Gasteiger partial charge in [0.2, 0.25) is 0 Å². The highest BCUT2D eigenvalue weighted by Gasteiger charge is 2.31. The smallest absolute Gasteiger partial charge is 0.252 e. The number of carbonyl (C=O) groups excluding carboxylic acids is 1. The molecule has 0 saturated carbocycles. The van der Waals surface area contributed by atoms with Crippen LogP contribution in [0.4, 0.5) is 0 Å². The van der Waals surface area contributed by atoms with Crippen LogP contribution in [-0.2, 0) is 0 Å². The van der Waals surface area contributed by atoms with Crippen LogP contribution in [0.25, 0.3) is 0 Å². The lowest BCUT2D eigenvalue weighted by Crippen LogP contribution is -2.46. The number of thiophene rings is 1. The van der Waals surface area contributed by atoms with Crippen molar-refractivity contribution >= 4 is 58.8 Å². The molecular formula is C22H31ClIN5OS. The monoisotopic (exact) mass is 575 g/mol.